The number of aryl methyl sites for hydroxylation is 1. The Morgan fingerprint density at radius 2 is 2.10 bits per heavy atom. The Balaban J connectivity index is 1.75. The van der Waals surface area contributed by atoms with Gasteiger partial charge in [0, 0.05) is 17.0 Å². The predicted molar refractivity (Wildman–Crippen MR) is 108 cm³/mol. The second-order valence-corrected chi connectivity index (χ2v) is 10.4. The van der Waals surface area contributed by atoms with Gasteiger partial charge in [-0.2, -0.15) is 0 Å². The van der Waals surface area contributed by atoms with Crippen molar-refractivity contribution < 1.29 is 22.0 Å². The summed E-state index contributed by atoms with van der Waals surface area (Å²) in [6, 6.07) is 5.99. The van der Waals surface area contributed by atoms with Crippen LogP contribution >= 0.6 is 11.3 Å². The summed E-state index contributed by atoms with van der Waals surface area (Å²) in [6.45, 7) is 2.15. The first-order chi connectivity index (χ1) is 13.7. The maximum absolute atomic E-state index is 13.4. The molecule has 152 valence electrons. The quantitative estimate of drug-likeness (QED) is 0.629. The topological polar surface area (TPSA) is 84.7 Å². The fourth-order valence-electron chi connectivity index (χ4n) is 3.48. The molecule has 4 rings (SSSR count). The molecule has 1 aromatic carbocycles. The average molecular weight is 435 g/mol. The molecule has 0 radical (unpaired) electrons. The Hall–Kier alpha value is -2.52. The van der Waals surface area contributed by atoms with E-state index in [4.69, 9.17) is 4.42 Å². The third-order valence-electron chi connectivity index (χ3n) is 5.09. The third-order valence-corrected chi connectivity index (χ3v) is 7.85. The van der Waals surface area contributed by atoms with E-state index >= 15 is 0 Å². The van der Waals surface area contributed by atoms with Crippen LogP contribution in [0.1, 0.15) is 27.4 Å². The fourth-order valence-corrected chi connectivity index (χ4v) is 6.12. The van der Waals surface area contributed by atoms with Crippen molar-refractivity contribution in [1.29, 1.82) is 0 Å². The maximum atomic E-state index is 13.4. The van der Waals surface area contributed by atoms with E-state index in [1.54, 1.807) is 0 Å². The van der Waals surface area contributed by atoms with Gasteiger partial charge < -0.3 is 9.32 Å². The summed E-state index contributed by atoms with van der Waals surface area (Å²) in [7, 11) is -3.22. The molecule has 3 heterocycles. The number of sulfone groups is 1. The van der Waals surface area contributed by atoms with Gasteiger partial charge in [-0.1, -0.05) is 0 Å². The SMILES string of the molecule is Cc1ccsc1CN(C(=O)c1cc(=O)c2cc(F)ccc2o1)[C@@H]1CCS(=O)(=O)C1. The molecule has 0 unspecified atom stereocenters. The molecule has 1 aliphatic rings. The van der Waals surface area contributed by atoms with Crippen molar-refractivity contribution >= 4 is 38.1 Å². The standard InChI is InChI=1S/C20H18FNO5S2/c1-12-4-6-28-19(12)10-22(14-5-7-29(25,26)11-14)20(24)18-9-16(23)15-8-13(21)2-3-17(15)27-18/h2-4,6,8-9,14H,5,7,10-11H2,1H3/t14-/m1/s1. The molecular weight excluding hydrogens is 417 g/mol. The molecule has 29 heavy (non-hydrogen) atoms. The summed E-state index contributed by atoms with van der Waals surface area (Å²) in [5.41, 5.74) is 0.582. The number of thiophene rings is 1. The number of benzene rings is 1. The van der Waals surface area contributed by atoms with E-state index < -0.39 is 33.0 Å². The molecule has 2 aromatic heterocycles. The van der Waals surface area contributed by atoms with Crippen LogP contribution in [0.4, 0.5) is 4.39 Å². The monoisotopic (exact) mass is 435 g/mol. The molecule has 0 bridgehead atoms. The van der Waals surface area contributed by atoms with Gasteiger partial charge in [0.1, 0.15) is 11.4 Å². The summed E-state index contributed by atoms with van der Waals surface area (Å²) in [5.74, 6) is -1.41. The van der Waals surface area contributed by atoms with Gasteiger partial charge in [-0.3, -0.25) is 9.59 Å². The van der Waals surface area contributed by atoms with Crippen LogP contribution in [0.5, 0.6) is 0 Å². The summed E-state index contributed by atoms with van der Waals surface area (Å²) in [4.78, 5) is 28.1. The van der Waals surface area contributed by atoms with E-state index in [1.807, 2.05) is 18.4 Å². The fraction of sp³-hybridized carbons (Fsp3) is 0.300. The minimum absolute atomic E-state index is 0.0197. The van der Waals surface area contributed by atoms with Crippen LogP contribution in [0.15, 0.2) is 44.9 Å². The number of carbonyl (C=O) groups is 1. The smallest absolute Gasteiger partial charge is 0.290 e. The molecule has 0 spiro atoms. The van der Waals surface area contributed by atoms with E-state index in [0.29, 0.717) is 6.42 Å². The lowest BCUT2D eigenvalue weighted by Gasteiger charge is -2.27. The van der Waals surface area contributed by atoms with Crippen LogP contribution in [0, 0.1) is 12.7 Å². The Morgan fingerprint density at radius 1 is 1.31 bits per heavy atom. The van der Waals surface area contributed by atoms with E-state index in [0.717, 1.165) is 28.6 Å². The van der Waals surface area contributed by atoms with Crippen LogP contribution < -0.4 is 5.43 Å². The first-order valence-corrected chi connectivity index (χ1v) is 11.7. The highest BCUT2D eigenvalue weighted by molar-refractivity contribution is 7.91. The van der Waals surface area contributed by atoms with Gasteiger partial charge in [0.05, 0.1) is 23.4 Å². The molecule has 6 nitrogen and oxygen atoms in total. The number of carbonyl (C=O) groups excluding carboxylic acids is 1. The van der Waals surface area contributed by atoms with Crippen LogP contribution in [-0.4, -0.2) is 36.8 Å². The number of rotatable bonds is 4. The number of amides is 1. The Bertz CT molecular complexity index is 1260. The zero-order valence-corrected chi connectivity index (χ0v) is 17.2. The van der Waals surface area contributed by atoms with Crippen LogP contribution in [0.3, 0.4) is 0 Å². The number of hydrogen-bond acceptors (Lipinski definition) is 6. The van der Waals surface area contributed by atoms with Gasteiger partial charge in [-0.15, -0.1) is 11.3 Å². The van der Waals surface area contributed by atoms with Crippen molar-refractivity contribution in [2.24, 2.45) is 0 Å². The summed E-state index contributed by atoms with van der Waals surface area (Å²) < 4.78 is 43.0. The maximum Gasteiger partial charge on any atom is 0.290 e. The average Bonchev–Trinajstić information content (AvgIpc) is 3.24. The van der Waals surface area contributed by atoms with Crippen LogP contribution in [0.25, 0.3) is 11.0 Å². The minimum atomic E-state index is -3.22. The van der Waals surface area contributed by atoms with Crippen LogP contribution in [0.2, 0.25) is 0 Å². The molecular formula is C20H18FNO5S2. The highest BCUT2D eigenvalue weighted by Crippen LogP contribution is 2.26. The molecule has 0 aliphatic carbocycles. The zero-order chi connectivity index (χ0) is 20.8. The minimum Gasteiger partial charge on any atom is -0.451 e. The van der Waals surface area contributed by atoms with Gasteiger partial charge in [-0.05, 0) is 48.6 Å². The molecule has 0 N–H and O–H groups in total. The van der Waals surface area contributed by atoms with Crippen molar-refractivity contribution in [3.05, 3.63) is 68.0 Å². The Morgan fingerprint density at radius 3 is 2.76 bits per heavy atom. The van der Waals surface area contributed by atoms with Crippen molar-refractivity contribution in [3.8, 4) is 0 Å². The Kier molecular flexibility index (Phi) is 5.04. The lowest BCUT2D eigenvalue weighted by atomic mass is 10.1. The molecule has 1 fully saturated rings. The highest BCUT2D eigenvalue weighted by Gasteiger charge is 2.36. The summed E-state index contributed by atoms with van der Waals surface area (Å²) in [5, 5.41) is 1.95. The second-order valence-electron chi connectivity index (χ2n) is 7.13. The summed E-state index contributed by atoms with van der Waals surface area (Å²) in [6.07, 6.45) is 0.335. The van der Waals surface area contributed by atoms with E-state index in [1.165, 1.54) is 22.3 Å². The van der Waals surface area contributed by atoms with Crippen molar-refractivity contribution in [2.75, 3.05) is 11.5 Å². The molecule has 1 saturated heterocycles. The zero-order valence-electron chi connectivity index (χ0n) is 15.6. The Labute approximate surface area is 170 Å². The number of halogens is 1. The van der Waals surface area contributed by atoms with Crippen LogP contribution in [-0.2, 0) is 16.4 Å². The van der Waals surface area contributed by atoms with E-state index in [2.05, 4.69) is 0 Å². The number of fused-ring (bicyclic) bond motifs is 1. The molecule has 9 heteroatoms. The van der Waals surface area contributed by atoms with E-state index in [9.17, 15) is 22.4 Å². The van der Waals surface area contributed by atoms with Crippen molar-refractivity contribution in [1.82, 2.24) is 4.90 Å². The summed E-state index contributed by atoms with van der Waals surface area (Å²) >= 11 is 1.48. The number of nitrogens with zero attached hydrogens (tertiary/aromatic N) is 1. The molecule has 1 atom stereocenters. The van der Waals surface area contributed by atoms with Gasteiger partial charge in [0.15, 0.2) is 21.0 Å². The lowest BCUT2D eigenvalue weighted by Crippen LogP contribution is -2.40. The number of hydrogen-bond donors (Lipinski definition) is 0. The largest absolute Gasteiger partial charge is 0.451 e. The van der Waals surface area contributed by atoms with Gasteiger partial charge in [-0.25, -0.2) is 12.8 Å². The van der Waals surface area contributed by atoms with Gasteiger partial charge in [0.25, 0.3) is 5.91 Å². The molecule has 3 aromatic rings. The van der Waals surface area contributed by atoms with Crippen molar-refractivity contribution in [3.63, 3.8) is 0 Å². The van der Waals surface area contributed by atoms with Crippen molar-refractivity contribution in [2.45, 2.75) is 25.9 Å². The molecule has 1 aliphatic heterocycles. The first kappa shape index (κ1) is 19.8. The molecule has 0 saturated carbocycles. The molecule has 1 amide bonds. The third kappa shape index (κ3) is 3.97. The van der Waals surface area contributed by atoms with Gasteiger partial charge in [0.2, 0.25) is 0 Å². The lowest BCUT2D eigenvalue weighted by molar-refractivity contribution is 0.0650. The predicted octanol–water partition coefficient (Wildman–Crippen LogP) is 3.13. The first-order valence-electron chi connectivity index (χ1n) is 9.01. The second kappa shape index (κ2) is 7.38. The normalized spacial score (nSPS) is 18.2. The highest BCUT2D eigenvalue weighted by atomic mass is 32.2. The van der Waals surface area contributed by atoms with E-state index in [-0.39, 0.29) is 34.8 Å². The van der Waals surface area contributed by atoms with Gasteiger partial charge >= 0.3 is 0 Å².